The van der Waals surface area contributed by atoms with E-state index in [0.29, 0.717) is 11.2 Å². The maximum absolute atomic E-state index is 4.71. The Bertz CT molecular complexity index is 136. The number of hydrogen-bond donors (Lipinski definition) is 1. The zero-order valence-corrected chi connectivity index (χ0v) is 8.89. The summed E-state index contributed by atoms with van der Waals surface area (Å²) in [4.78, 5) is 0. The Morgan fingerprint density at radius 2 is 2.08 bits per heavy atom. The molecule has 1 rings (SSSR count). The highest BCUT2D eigenvalue weighted by Crippen LogP contribution is 2.35. The van der Waals surface area contributed by atoms with Crippen LogP contribution >= 0.6 is 12.6 Å². The topological polar surface area (TPSA) is 0 Å². The molecule has 2 atom stereocenters. The van der Waals surface area contributed by atoms with Gasteiger partial charge in [0.1, 0.15) is 0 Å². The van der Waals surface area contributed by atoms with E-state index in [-0.39, 0.29) is 0 Å². The van der Waals surface area contributed by atoms with E-state index in [9.17, 15) is 0 Å². The average molecular weight is 184 g/mol. The van der Waals surface area contributed by atoms with Gasteiger partial charge in [-0.25, -0.2) is 0 Å². The smallest absolute Gasteiger partial charge is 0.0108 e. The second kappa shape index (κ2) is 4.96. The van der Waals surface area contributed by atoms with Gasteiger partial charge in [-0.3, -0.25) is 0 Å². The third-order valence-corrected chi connectivity index (χ3v) is 3.90. The molecular formula is C11H20S. The first-order valence-corrected chi connectivity index (χ1v) is 5.61. The highest BCUT2D eigenvalue weighted by atomic mass is 32.1. The van der Waals surface area contributed by atoms with Gasteiger partial charge in [0.15, 0.2) is 0 Å². The average Bonchev–Trinajstić information content (AvgIpc) is 2.58. The first kappa shape index (κ1) is 10.2. The highest BCUT2D eigenvalue weighted by molar-refractivity contribution is 7.81. The summed E-state index contributed by atoms with van der Waals surface area (Å²) in [5.41, 5.74) is 0. The van der Waals surface area contributed by atoms with Gasteiger partial charge in [0.25, 0.3) is 0 Å². The predicted molar refractivity (Wildman–Crippen MR) is 58.7 cm³/mol. The second-order valence-electron chi connectivity index (χ2n) is 3.84. The van der Waals surface area contributed by atoms with Gasteiger partial charge in [-0.15, -0.1) is 6.58 Å². The zero-order valence-electron chi connectivity index (χ0n) is 8.00. The van der Waals surface area contributed by atoms with E-state index in [1.165, 1.54) is 32.1 Å². The van der Waals surface area contributed by atoms with Crippen molar-refractivity contribution >= 4 is 12.6 Å². The van der Waals surface area contributed by atoms with Gasteiger partial charge < -0.3 is 0 Å². The fraction of sp³-hybridized carbons (Fsp3) is 0.818. The molecule has 0 saturated heterocycles. The van der Waals surface area contributed by atoms with E-state index in [4.69, 9.17) is 12.6 Å². The van der Waals surface area contributed by atoms with Crippen LogP contribution in [0.4, 0.5) is 0 Å². The van der Waals surface area contributed by atoms with Crippen molar-refractivity contribution in [1.29, 1.82) is 0 Å². The summed E-state index contributed by atoms with van der Waals surface area (Å²) >= 11 is 4.71. The van der Waals surface area contributed by atoms with Crippen LogP contribution in [0.3, 0.4) is 0 Å². The Labute approximate surface area is 81.8 Å². The molecule has 70 valence electrons. The van der Waals surface area contributed by atoms with Gasteiger partial charge in [-0.1, -0.05) is 25.8 Å². The van der Waals surface area contributed by atoms with Crippen LogP contribution in [0.2, 0.25) is 0 Å². The van der Waals surface area contributed by atoms with Crippen LogP contribution in [0.25, 0.3) is 0 Å². The maximum Gasteiger partial charge on any atom is 0.0108 e. The minimum Gasteiger partial charge on any atom is -0.175 e. The van der Waals surface area contributed by atoms with Crippen molar-refractivity contribution in [3.8, 4) is 0 Å². The van der Waals surface area contributed by atoms with Crippen LogP contribution < -0.4 is 0 Å². The van der Waals surface area contributed by atoms with Gasteiger partial charge in [-0.05, 0) is 31.1 Å². The fourth-order valence-electron chi connectivity index (χ4n) is 2.20. The molecule has 1 unspecified atom stereocenters. The van der Waals surface area contributed by atoms with Crippen molar-refractivity contribution in [2.45, 2.75) is 44.3 Å². The Kier molecular flexibility index (Phi) is 4.20. The minimum absolute atomic E-state index is 0.565. The molecule has 0 nitrogen and oxygen atoms in total. The second-order valence-corrected chi connectivity index (χ2v) is 4.44. The molecular weight excluding hydrogens is 164 g/mol. The molecule has 1 aliphatic carbocycles. The molecule has 0 bridgehead atoms. The van der Waals surface area contributed by atoms with Crippen LogP contribution in [0.5, 0.6) is 0 Å². The summed E-state index contributed by atoms with van der Waals surface area (Å²) in [5.74, 6) is 1.48. The third kappa shape index (κ3) is 2.29. The zero-order chi connectivity index (χ0) is 8.97. The van der Waals surface area contributed by atoms with Gasteiger partial charge in [0.05, 0.1) is 0 Å². The predicted octanol–water partition coefficient (Wildman–Crippen LogP) is 3.69. The van der Waals surface area contributed by atoms with Crippen LogP contribution in [-0.4, -0.2) is 5.25 Å². The highest BCUT2D eigenvalue weighted by Gasteiger charge is 2.26. The van der Waals surface area contributed by atoms with Crippen molar-refractivity contribution in [2.24, 2.45) is 11.8 Å². The Morgan fingerprint density at radius 1 is 1.50 bits per heavy atom. The van der Waals surface area contributed by atoms with Crippen LogP contribution in [-0.2, 0) is 0 Å². The summed E-state index contributed by atoms with van der Waals surface area (Å²) < 4.78 is 0. The van der Waals surface area contributed by atoms with E-state index in [1.807, 2.05) is 0 Å². The molecule has 0 N–H and O–H groups in total. The number of allylic oxidation sites excluding steroid dienone is 1. The molecule has 1 aliphatic rings. The van der Waals surface area contributed by atoms with E-state index in [0.717, 1.165) is 5.92 Å². The molecule has 1 saturated carbocycles. The molecule has 0 aromatic carbocycles. The lowest BCUT2D eigenvalue weighted by Crippen LogP contribution is -2.20. The summed E-state index contributed by atoms with van der Waals surface area (Å²) in [6, 6.07) is 0. The maximum atomic E-state index is 4.71. The molecule has 1 fully saturated rings. The molecule has 0 spiro atoms. The largest absolute Gasteiger partial charge is 0.175 e. The lowest BCUT2D eigenvalue weighted by atomic mass is 9.91. The van der Waals surface area contributed by atoms with E-state index >= 15 is 0 Å². The minimum atomic E-state index is 0.565. The van der Waals surface area contributed by atoms with Crippen LogP contribution in [0, 0.1) is 11.8 Å². The van der Waals surface area contributed by atoms with Crippen LogP contribution in [0.15, 0.2) is 12.7 Å². The van der Waals surface area contributed by atoms with Crippen molar-refractivity contribution in [1.82, 2.24) is 0 Å². The molecule has 0 aromatic heterocycles. The summed E-state index contributed by atoms with van der Waals surface area (Å²) in [7, 11) is 0. The normalized spacial score (nSPS) is 23.8. The van der Waals surface area contributed by atoms with E-state index in [2.05, 4.69) is 19.6 Å². The van der Waals surface area contributed by atoms with Crippen LogP contribution in [0.1, 0.15) is 39.0 Å². The fourth-order valence-corrected chi connectivity index (χ4v) is 2.83. The molecule has 1 heteroatoms. The molecule has 0 aliphatic heterocycles. The lowest BCUT2D eigenvalue weighted by Gasteiger charge is -2.24. The van der Waals surface area contributed by atoms with Crippen molar-refractivity contribution in [3.63, 3.8) is 0 Å². The number of rotatable bonds is 4. The lowest BCUT2D eigenvalue weighted by molar-refractivity contribution is 0.437. The van der Waals surface area contributed by atoms with Gasteiger partial charge in [-0.2, -0.15) is 12.6 Å². The van der Waals surface area contributed by atoms with Crippen molar-refractivity contribution in [2.75, 3.05) is 0 Å². The van der Waals surface area contributed by atoms with Crippen molar-refractivity contribution in [3.05, 3.63) is 12.7 Å². The summed E-state index contributed by atoms with van der Waals surface area (Å²) in [6.07, 6.45) is 8.87. The Hall–Kier alpha value is 0.0900. The first-order valence-electron chi connectivity index (χ1n) is 5.10. The number of hydrogen-bond acceptors (Lipinski definition) is 1. The molecule has 0 amide bonds. The van der Waals surface area contributed by atoms with E-state index in [1.54, 1.807) is 0 Å². The third-order valence-electron chi connectivity index (χ3n) is 3.10. The molecule has 0 radical (unpaired) electrons. The molecule has 0 heterocycles. The van der Waals surface area contributed by atoms with Gasteiger partial charge >= 0.3 is 0 Å². The quantitative estimate of drug-likeness (QED) is 0.500. The first-order chi connectivity index (χ1) is 5.79. The van der Waals surface area contributed by atoms with E-state index < -0.39 is 0 Å². The molecule has 12 heavy (non-hydrogen) atoms. The molecule has 0 aromatic rings. The number of thiol groups is 1. The van der Waals surface area contributed by atoms with Gasteiger partial charge in [0.2, 0.25) is 0 Å². The summed E-state index contributed by atoms with van der Waals surface area (Å²) in [6.45, 7) is 6.10. The standard InChI is InChI=1S/C11H20S/c1-3-9(4-2)11(12)10-7-5-6-8-10/h3,9-12H,1,4-8H2,2H3/t9-,11?/m0/s1. The van der Waals surface area contributed by atoms with Gasteiger partial charge in [0, 0.05) is 5.25 Å². The SMILES string of the molecule is C=C[C@@H](CC)C(S)C1CCCC1. The Morgan fingerprint density at radius 3 is 2.50 bits per heavy atom. The van der Waals surface area contributed by atoms with Crippen molar-refractivity contribution < 1.29 is 0 Å². The summed E-state index contributed by atoms with van der Waals surface area (Å²) in [5, 5.41) is 0.565. The monoisotopic (exact) mass is 184 g/mol. The Balaban J connectivity index is 2.42.